The predicted octanol–water partition coefficient (Wildman–Crippen LogP) is 14.9. The van der Waals surface area contributed by atoms with Crippen LogP contribution in [0.2, 0.25) is 5.02 Å². The maximum absolute atomic E-state index is 14.1. The molecule has 27 nitrogen and oxygen atoms in total. The zero-order valence-corrected chi connectivity index (χ0v) is 57.0. The van der Waals surface area contributed by atoms with Crippen LogP contribution in [0.3, 0.4) is 0 Å². The Balaban J connectivity index is 0.000000125. The highest BCUT2D eigenvalue weighted by molar-refractivity contribution is 9.08. The van der Waals surface area contributed by atoms with Crippen molar-refractivity contribution in [3.05, 3.63) is 256 Å². The molecule has 106 heavy (non-hydrogen) atoms. The number of anilines is 4. The highest BCUT2D eigenvalue weighted by Gasteiger charge is 2.26. The number of imidazole rings is 4. The molecule has 12 N–H and O–H groups in total. The van der Waals surface area contributed by atoms with Crippen LogP contribution in [-0.2, 0) is 10.1 Å². The van der Waals surface area contributed by atoms with Crippen LogP contribution in [0, 0.1) is 29.1 Å². The first kappa shape index (κ1) is 70.5. The minimum absolute atomic E-state index is 0.0205. The molecule has 0 unspecified atom stereocenters. The molecule has 16 rings (SSSR count). The van der Waals surface area contributed by atoms with Crippen LogP contribution < -0.4 is 26.0 Å². The van der Waals surface area contributed by atoms with Gasteiger partial charge in [-0.1, -0.05) is 94.3 Å². The molecule has 530 valence electrons. The smallest absolute Gasteiger partial charge is 0.340 e. The van der Waals surface area contributed by atoms with Crippen LogP contribution >= 0.6 is 27.5 Å². The molecule has 0 bridgehead atoms. The molecule has 0 aliphatic carbocycles. The molecule has 0 spiro atoms. The molecule has 0 aliphatic heterocycles. The number of fused-ring (bicyclic) bond motifs is 4. The summed E-state index contributed by atoms with van der Waals surface area (Å²) >= 11 is 9.33. The number of nitrogens with one attached hydrogen (secondary N) is 12. The third-order valence-corrected chi connectivity index (χ3v) is 16.8. The fourth-order valence-corrected chi connectivity index (χ4v) is 11.3. The van der Waals surface area contributed by atoms with E-state index in [9.17, 15) is 45.9 Å². The number of H-pyrrole nitrogens is 8. The number of para-hydroxylation sites is 7. The Labute approximate surface area is 605 Å². The molecule has 8 aromatic heterocycles. The molecule has 0 saturated carbocycles. The minimum atomic E-state index is -1.03. The molecule has 0 atom stereocenters. The van der Waals surface area contributed by atoms with Crippen molar-refractivity contribution in [2.75, 3.05) is 35.5 Å². The Morgan fingerprint density at radius 2 is 0.792 bits per heavy atom. The maximum Gasteiger partial charge on any atom is 0.340 e. The highest BCUT2D eigenvalue weighted by atomic mass is 79.9. The van der Waals surface area contributed by atoms with E-state index in [2.05, 4.69) is 118 Å². The third kappa shape index (κ3) is 15.2. The summed E-state index contributed by atoms with van der Waals surface area (Å²) in [5, 5.41) is 37.9. The number of esters is 1. The van der Waals surface area contributed by atoms with Crippen molar-refractivity contribution in [3.8, 4) is 51.8 Å². The summed E-state index contributed by atoms with van der Waals surface area (Å²) < 4.78 is 79.4. The second-order valence-electron chi connectivity index (χ2n) is 22.5. The summed E-state index contributed by atoms with van der Waals surface area (Å²) in [6.07, 6.45) is 5.61. The quantitative estimate of drug-likeness (QED) is 0.0258. The van der Waals surface area contributed by atoms with Crippen LogP contribution in [0.15, 0.2) is 189 Å². The first-order chi connectivity index (χ1) is 51.4. The van der Waals surface area contributed by atoms with Gasteiger partial charge in [0.15, 0.2) is 23.3 Å². The van der Waals surface area contributed by atoms with Gasteiger partial charge >= 0.3 is 5.97 Å². The number of halogens is 7. The van der Waals surface area contributed by atoms with E-state index in [0.29, 0.717) is 62.5 Å². The third-order valence-electron chi connectivity index (χ3n) is 15.8. The lowest BCUT2D eigenvalue weighted by atomic mass is 10.1. The Morgan fingerprint density at radius 3 is 1.21 bits per heavy atom. The molecule has 16 aromatic rings. The molecule has 8 aromatic carbocycles. The number of benzene rings is 8. The lowest BCUT2D eigenvalue weighted by Gasteiger charge is -2.08. The molecule has 0 radical (unpaired) electrons. The minimum Gasteiger partial charge on any atom is -0.497 e. The molecule has 8 heterocycles. The molecular formula is C72H51BrClF5N20O7. The average Bonchev–Trinajstić information content (AvgIpc) is 1.63. The number of methoxy groups -OCH3 is 2. The largest absolute Gasteiger partial charge is 0.497 e. The highest BCUT2D eigenvalue weighted by Crippen LogP contribution is 2.33. The van der Waals surface area contributed by atoms with Crippen molar-refractivity contribution in [2.45, 2.75) is 5.33 Å². The monoisotopic (exact) mass is 1520 g/mol. The van der Waals surface area contributed by atoms with Crippen molar-refractivity contribution in [1.29, 1.82) is 0 Å². The van der Waals surface area contributed by atoms with Gasteiger partial charge in [-0.05, 0) is 90.5 Å². The SMILES string of the molecule is COC(=O)c1cccc2[nH]c(-c3[nH]ncc3NC(=O)c3c(F)cccc3F)nc12.COc1cc(F)c(C(=O)Nc2cn[nH]c2-c2nc3ccccc3[nH]2)c(F)c1.O=C(Nc1cn[nH]c1-c1nc2ccccc2[nH]1)c1c(F)cccc1Cl.O=C(Nc1cn[nH]c1-c1nc2ccccc2[nH]1)c1ccc(CBr)cc1. The summed E-state index contributed by atoms with van der Waals surface area (Å²) in [5.41, 5.74) is 9.25. The summed E-state index contributed by atoms with van der Waals surface area (Å²) in [6, 6.07) is 44.1. The molecule has 0 saturated heterocycles. The number of aromatic amines is 8. The van der Waals surface area contributed by atoms with E-state index in [-0.39, 0.29) is 50.7 Å². The number of rotatable bonds is 15. The first-order valence-electron chi connectivity index (χ1n) is 31.3. The van der Waals surface area contributed by atoms with E-state index in [4.69, 9.17) is 21.1 Å². The van der Waals surface area contributed by atoms with E-state index in [0.717, 1.165) is 74.3 Å². The summed E-state index contributed by atoms with van der Waals surface area (Å²) in [7, 11) is 2.54. The van der Waals surface area contributed by atoms with Gasteiger partial charge in [-0.3, -0.25) is 39.6 Å². The van der Waals surface area contributed by atoms with Gasteiger partial charge in [0.2, 0.25) is 0 Å². The number of hydrogen-bond donors (Lipinski definition) is 12. The van der Waals surface area contributed by atoms with E-state index in [1.165, 1.54) is 51.0 Å². The van der Waals surface area contributed by atoms with Gasteiger partial charge < -0.3 is 50.7 Å². The van der Waals surface area contributed by atoms with Crippen molar-refractivity contribution in [3.63, 3.8) is 0 Å². The van der Waals surface area contributed by atoms with Gasteiger partial charge in [0, 0.05) is 23.0 Å². The topological polar surface area (TPSA) is 381 Å². The van der Waals surface area contributed by atoms with E-state index in [1.807, 2.05) is 84.9 Å². The number of amides is 4. The number of carbonyl (C=O) groups excluding carboxylic acids is 5. The Morgan fingerprint density at radius 1 is 0.425 bits per heavy atom. The first-order valence-corrected chi connectivity index (χ1v) is 32.8. The van der Waals surface area contributed by atoms with Gasteiger partial charge in [0.25, 0.3) is 23.6 Å². The Kier molecular flexibility index (Phi) is 20.7. The predicted molar refractivity (Wildman–Crippen MR) is 388 cm³/mol. The summed E-state index contributed by atoms with van der Waals surface area (Å²) in [6.45, 7) is 0. The molecule has 34 heteroatoms. The second-order valence-corrected chi connectivity index (χ2v) is 23.5. The number of carbonyl (C=O) groups is 5. The zero-order valence-electron chi connectivity index (χ0n) is 54.7. The number of alkyl halides is 1. The lowest BCUT2D eigenvalue weighted by Crippen LogP contribution is -2.16. The maximum atomic E-state index is 14.1. The van der Waals surface area contributed by atoms with Crippen LogP contribution in [0.25, 0.3) is 90.2 Å². The van der Waals surface area contributed by atoms with Crippen molar-refractivity contribution >= 4 is 124 Å². The van der Waals surface area contributed by atoms with Crippen LogP contribution in [0.1, 0.15) is 57.4 Å². The molecule has 4 amide bonds. The van der Waals surface area contributed by atoms with Gasteiger partial charge in [0.1, 0.15) is 74.3 Å². The normalized spacial score (nSPS) is 10.9. The average molecular weight is 1520 g/mol. The number of ether oxygens (including phenoxy) is 2. The van der Waals surface area contributed by atoms with Crippen LogP contribution in [-0.4, -0.2) is 124 Å². The lowest BCUT2D eigenvalue weighted by molar-refractivity contribution is 0.0602. The zero-order chi connectivity index (χ0) is 74.1. The number of nitrogens with zero attached hydrogens (tertiary/aromatic N) is 8. The van der Waals surface area contributed by atoms with E-state index in [1.54, 1.807) is 36.5 Å². The number of hydrogen-bond acceptors (Lipinski definition) is 15. The second kappa shape index (κ2) is 31.1. The van der Waals surface area contributed by atoms with E-state index >= 15 is 0 Å². The van der Waals surface area contributed by atoms with Gasteiger partial charge in [-0.2, -0.15) is 20.4 Å². The molecule has 0 aliphatic rings. The van der Waals surface area contributed by atoms with Gasteiger partial charge in [-0.15, -0.1) is 0 Å². The molecule has 0 fully saturated rings. The van der Waals surface area contributed by atoms with Crippen LogP contribution in [0.5, 0.6) is 5.75 Å². The van der Waals surface area contributed by atoms with Crippen molar-refractivity contribution in [1.82, 2.24) is 80.7 Å². The van der Waals surface area contributed by atoms with Crippen molar-refractivity contribution in [2.24, 2.45) is 0 Å². The molecular weight excluding hydrogens is 1470 g/mol. The van der Waals surface area contributed by atoms with Gasteiger partial charge in [-0.25, -0.2) is 46.7 Å². The fourth-order valence-electron chi connectivity index (χ4n) is 10.7. The van der Waals surface area contributed by atoms with E-state index < -0.39 is 63.9 Å². The Hall–Kier alpha value is -14.0. The van der Waals surface area contributed by atoms with Crippen LogP contribution in [0.4, 0.5) is 44.7 Å². The van der Waals surface area contributed by atoms with Crippen molar-refractivity contribution < 1.29 is 55.4 Å². The Bertz CT molecular complexity index is 5800. The standard InChI is InChI=1S/C19H13F2N5O3.C18H14BrN5O.C18H13F2N5O2.C17H11ClFN5O/c1-29-19(28)9-4-2-7-12-15(9)25-17(23-12)16-13(8-22-26-16)24-18(27)14-10(20)5-3-6-11(14)21;19-9-11-5-7-12(8-6-11)18(25)23-15-10-20-24-16(15)17-21-13-3-1-2-4-14(13)22-17;1-27-9-6-10(19)15(11(20)7-9)18(26)24-14-8-21-25-16(14)17-22-12-4-2-3-5-13(12)23-17;18-9-4-3-5-10(19)14(9)17(25)23-13-8-20-24-15(13)16-21-11-6-1-2-7-12(11)22-16/h2-8H,1H3,(H,22,26)(H,23,25)(H,24,27);1-8,10H,9H2,(H,20,24)(H,21,22)(H,23,25);2-8H,1H3,(H,21,25)(H,22,23)(H,24,26);1-8H,(H,20,24)(H,21,22)(H,23,25). The van der Waals surface area contributed by atoms with Gasteiger partial charge in [0.05, 0.1) is 117 Å². The number of aromatic nitrogens is 16. The summed E-state index contributed by atoms with van der Waals surface area (Å²) in [5.74, 6) is -6.26. The summed E-state index contributed by atoms with van der Waals surface area (Å²) in [4.78, 5) is 91.8. The fraction of sp³-hybridized carbons (Fsp3) is 0.0417.